The minimum absolute atomic E-state index is 0.124. The molecule has 1 amide bonds. The first kappa shape index (κ1) is 13.7. The molecule has 1 saturated carbocycles. The summed E-state index contributed by atoms with van der Waals surface area (Å²) in [6.07, 6.45) is 2.86. The molecule has 1 aliphatic rings. The average molecular weight is 288 g/mol. The van der Waals surface area contributed by atoms with Crippen molar-refractivity contribution in [2.45, 2.75) is 37.8 Å². The van der Waals surface area contributed by atoms with Gasteiger partial charge in [0.05, 0.1) is 6.10 Å². The number of benzene rings is 1. The van der Waals surface area contributed by atoms with E-state index in [0.29, 0.717) is 15.6 Å². The van der Waals surface area contributed by atoms with Crippen LogP contribution in [0.3, 0.4) is 0 Å². The molecule has 2 rings (SSSR count). The van der Waals surface area contributed by atoms with Crippen molar-refractivity contribution in [2.75, 3.05) is 0 Å². The van der Waals surface area contributed by atoms with Crippen LogP contribution in [-0.2, 0) is 0 Å². The summed E-state index contributed by atoms with van der Waals surface area (Å²) in [6.45, 7) is 0. The Morgan fingerprint density at radius 2 is 1.67 bits per heavy atom. The third kappa shape index (κ3) is 3.61. The summed E-state index contributed by atoms with van der Waals surface area (Å²) in [6, 6.07) is 4.91. The highest BCUT2D eigenvalue weighted by molar-refractivity contribution is 6.35. The summed E-state index contributed by atoms with van der Waals surface area (Å²) in [4.78, 5) is 12.0. The van der Waals surface area contributed by atoms with Gasteiger partial charge in [-0.05, 0) is 43.9 Å². The minimum atomic E-state index is -0.223. The van der Waals surface area contributed by atoms with Crippen molar-refractivity contribution in [2.24, 2.45) is 0 Å². The fraction of sp³-hybridized carbons (Fsp3) is 0.462. The van der Waals surface area contributed by atoms with E-state index in [9.17, 15) is 9.90 Å². The van der Waals surface area contributed by atoms with E-state index in [2.05, 4.69) is 5.32 Å². The van der Waals surface area contributed by atoms with Crippen molar-refractivity contribution in [1.82, 2.24) is 5.32 Å². The molecule has 0 bridgehead atoms. The first-order valence-electron chi connectivity index (χ1n) is 5.99. The van der Waals surface area contributed by atoms with Crippen LogP contribution in [0.5, 0.6) is 0 Å². The molecular formula is C13H15Cl2NO2. The van der Waals surface area contributed by atoms with Crippen LogP contribution in [0.4, 0.5) is 0 Å². The molecule has 1 aromatic rings. The van der Waals surface area contributed by atoms with E-state index in [4.69, 9.17) is 23.2 Å². The Morgan fingerprint density at radius 1 is 1.11 bits per heavy atom. The van der Waals surface area contributed by atoms with Crippen LogP contribution in [-0.4, -0.2) is 23.2 Å². The lowest BCUT2D eigenvalue weighted by molar-refractivity contribution is 0.0867. The standard InChI is InChI=1S/C13H15Cl2NO2/c14-9-5-8(6-10(15)7-9)13(18)16-11-1-3-12(17)4-2-11/h5-7,11-12,17H,1-4H2,(H,16,18). The Bertz CT molecular complexity index is 422. The summed E-state index contributed by atoms with van der Waals surface area (Å²) in [5, 5.41) is 13.2. The fourth-order valence-corrected chi connectivity index (χ4v) is 2.70. The van der Waals surface area contributed by atoms with E-state index in [1.54, 1.807) is 18.2 Å². The Kier molecular flexibility index (Phi) is 4.49. The lowest BCUT2D eigenvalue weighted by Gasteiger charge is -2.26. The lowest BCUT2D eigenvalue weighted by atomic mass is 9.93. The van der Waals surface area contributed by atoms with Gasteiger partial charge in [0, 0.05) is 21.7 Å². The highest BCUT2D eigenvalue weighted by Gasteiger charge is 2.21. The molecule has 0 saturated heterocycles. The van der Waals surface area contributed by atoms with Crippen molar-refractivity contribution in [1.29, 1.82) is 0 Å². The predicted molar refractivity (Wildman–Crippen MR) is 72.2 cm³/mol. The molecule has 2 N–H and O–H groups in total. The Hall–Kier alpha value is -0.770. The SMILES string of the molecule is O=C(NC1CCC(O)CC1)c1cc(Cl)cc(Cl)c1. The van der Waals surface area contributed by atoms with Gasteiger partial charge in [-0.1, -0.05) is 23.2 Å². The fourth-order valence-electron chi connectivity index (χ4n) is 2.17. The number of aliphatic hydroxyl groups excluding tert-OH is 1. The molecule has 1 aliphatic carbocycles. The van der Waals surface area contributed by atoms with Crippen LogP contribution in [0, 0.1) is 0 Å². The molecule has 0 radical (unpaired) electrons. The molecule has 0 atom stereocenters. The maximum absolute atomic E-state index is 12.0. The molecule has 1 fully saturated rings. The maximum Gasteiger partial charge on any atom is 0.251 e. The van der Waals surface area contributed by atoms with Crippen LogP contribution in [0.1, 0.15) is 36.0 Å². The number of carbonyl (C=O) groups is 1. The van der Waals surface area contributed by atoms with Gasteiger partial charge in [-0.3, -0.25) is 4.79 Å². The second-order valence-electron chi connectivity index (χ2n) is 4.64. The van der Waals surface area contributed by atoms with Crippen LogP contribution < -0.4 is 5.32 Å². The Morgan fingerprint density at radius 3 is 2.22 bits per heavy atom. The summed E-state index contributed by atoms with van der Waals surface area (Å²) in [5.74, 6) is -0.166. The number of nitrogens with one attached hydrogen (secondary N) is 1. The number of amides is 1. The van der Waals surface area contributed by atoms with Gasteiger partial charge >= 0.3 is 0 Å². The topological polar surface area (TPSA) is 49.3 Å². The van der Waals surface area contributed by atoms with Gasteiger partial charge in [0.25, 0.3) is 5.91 Å². The van der Waals surface area contributed by atoms with Gasteiger partial charge in [0.1, 0.15) is 0 Å². The Balaban J connectivity index is 1.99. The molecule has 0 unspecified atom stereocenters. The van der Waals surface area contributed by atoms with Crippen molar-refractivity contribution < 1.29 is 9.90 Å². The normalized spacial score (nSPS) is 23.7. The largest absolute Gasteiger partial charge is 0.393 e. The molecule has 0 aliphatic heterocycles. The number of carbonyl (C=O) groups excluding carboxylic acids is 1. The first-order valence-corrected chi connectivity index (χ1v) is 6.75. The van der Waals surface area contributed by atoms with Gasteiger partial charge in [-0.25, -0.2) is 0 Å². The number of aliphatic hydroxyl groups is 1. The highest BCUT2D eigenvalue weighted by Crippen LogP contribution is 2.21. The van der Waals surface area contributed by atoms with E-state index in [-0.39, 0.29) is 18.1 Å². The van der Waals surface area contributed by atoms with Gasteiger partial charge in [0.2, 0.25) is 0 Å². The monoisotopic (exact) mass is 287 g/mol. The molecular weight excluding hydrogens is 273 g/mol. The van der Waals surface area contributed by atoms with Crippen LogP contribution >= 0.6 is 23.2 Å². The Labute approximate surface area is 116 Å². The zero-order valence-electron chi connectivity index (χ0n) is 9.83. The van der Waals surface area contributed by atoms with Gasteiger partial charge in [-0.15, -0.1) is 0 Å². The van der Waals surface area contributed by atoms with E-state index < -0.39 is 0 Å². The molecule has 98 valence electrons. The number of hydrogen-bond donors (Lipinski definition) is 2. The van der Waals surface area contributed by atoms with E-state index in [1.807, 2.05) is 0 Å². The maximum atomic E-state index is 12.0. The summed E-state index contributed by atoms with van der Waals surface area (Å²) >= 11 is 11.7. The van der Waals surface area contributed by atoms with Crippen LogP contribution in [0.25, 0.3) is 0 Å². The van der Waals surface area contributed by atoms with Crippen molar-refractivity contribution >= 4 is 29.1 Å². The molecule has 0 heterocycles. The second-order valence-corrected chi connectivity index (χ2v) is 5.51. The minimum Gasteiger partial charge on any atom is -0.393 e. The van der Waals surface area contributed by atoms with Crippen LogP contribution in [0.15, 0.2) is 18.2 Å². The third-order valence-electron chi connectivity index (χ3n) is 3.16. The van der Waals surface area contributed by atoms with Gasteiger partial charge in [0.15, 0.2) is 0 Å². The van der Waals surface area contributed by atoms with Gasteiger partial charge < -0.3 is 10.4 Å². The summed E-state index contributed by atoms with van der Waals surface area (Å²) in [5.41, 5.74) is 0.471. The lowest BCUT2D eigenvalue weighted by Crippen LogP contribution is -2.38. The molecule has 5 heteroatoms. The summed E-state index contributed by atoms with van der Waals surface area (Å²) in [7, 11) is 0. The van der Waals surface area contributed by atoms with Crippen molar-refractivity contribution in [3.63, 3.8) is 0 Å². The van der Waals surface area contributed by atoms with Crippen molar-refractivity contribution in [3.05, 3.63) is 33.8 Å². The number of rotatable bonds is 2. The second kappa shape index (κ2) is 5.91. The smallest absolute Gasteiger partial charge is 0.251 e. The molecule has 0 aromatic heterocycles. The zero-order chi connectivity index (χ0) is 13.1. The zero-order valence-corrected chi connectivity index (χ0v) is 11.3. The highest BCUT2D eigenvalue weighted by atomic mass is 35.5. The average Bonchev–Trinajstić information content (AvgIpc) is 2.31. The molecule has 1 aromatic carbocycles. The van der Waals surface area contributed by atoms with Crippen LogP contribution in [0.2, 0.25) is 10.0 Å². The van der Waals surface area contributed by atoms with E-state index in [0.717, 1.165) is 25.7 Å². The molecule has 18 heavy (non-hydrogen) atoms. The summed E-state index contributed by atoms with van der Waals surface area (Å²) < 4.78 is 0. The molecule has 3 nitrogen and oxygen atoms in total. The van der Waals surface area contributed by atoms with Crippen molar-refractivity contribution in [3.8, 4) is 0 Å². The third-order valence-corrected chi connectivity index (χ3v) is 3.59. The molecule has 0 spiro atoms. The predicted octanol–water partition coefficient (Wildman–Crippen LogP) is 3.03. The number of hydrogen-bond acceptors (Lipinski definition) is 2. The quantitative estimate of drug-likeness (QED) is 0.878. The van der Waals surface area contributed by atoms with Gasteiger partial charge in [-0.2, -0.15) is 0 Å². The van der Waals surface area contributed by atoms with E-state index >= 15 is 0 Å². The van der Waals surface area contributed by atoms with E-state index in [1.165, 1.54) is 0 Å². The number of halogens is 2. The first-order chi connectivity index (χ1) is 8.54.